The number of carbonyl (C=O) groups excluding carboxylic acids is 1. The highest BCUT2D eigenvalue weighted by Gasteiger charge is 2.24. The summed E-state index contributed by atoms with van der Waals surface area (Å²) in [6.07, 6.45) is 0. The number of amides is 1. The largest absolute Gasteiger partial charge is 0.496 e. The summed E-state index contributed by atoms with van der Waals surface area (Å²) in [5, 5.41) is 2.82. The Kier molecular flexibility index (Phi) is 6.81. The molecule has 0 atom stereocenters. The van der Waals surface area contributed by atoms with Crippen LogP contribution in [0.25, 0.3) is 0 Å². The molecule has 0 heterocycles. The molecule has 0 unspecified atom stereocenters. The van der Waals surface area contributed by atoms with Crippen molar-refractivity contribution in [2.24, 2.45) is 0 Å². The average Bonchev–Trinajstić information content (AvgIpc) is 2.82. The second-order valence-corrected chi connectivity index (χ2v) is 8.63. The van der Waals surface area contributed by atoms with Crippen LogP contribution < -0.4 is 19.1 Å². The number of para-hydroxylation sites is 3. The lowest BCUT2D eigenvalue weighted by molar-refractivity contribution is 0.0950. The fraction of sp³-hybridized carbons (Fsp3) is 0.174. The lowest BCUT2D eigenvalue weighted by Crippen LogP contribution is -2.27. The second-order valence-electron chi connectivity index (χ2n) is 6.66. The lowest BCUT2D eigenvalue weighted by atomic mass is 10.2. The average molecular weight is 441 g/mol. The van der Waals surface area contributed by atoms with Gasteiger partial charge in [-0.3, -0.25) is 9.10 Å². The molecule has 0 bridgehead atoms. The second kappa shape index (κ2) is 9.53. The molecule has 162 valence electrons. The molecule has 0 aliphatic carbocycles. The predicted molar refractivity (Wildman–Crippen MR) is 119 cm³/mol. The molecule has 1 N–H and O–H groups in total. The fourth-order valence-corrected chi connectivity index (χ4v) is 4.29. The minimum absolute atomic E-state index is 0.0715. The smallest absolute Gasteiger partial charge is 0.264 e. The van der Waals surface area contributed by atoms with Crippen molar-refractivity contribution >= 4 is 21.6 Å². The summed E-state index contributed by atoms with van der Waals surface area (Å²) in [5.41, 5.74) is 1.62. The predicted octanol–water partition coefficient (Wildman–Crippen LogP) is 3.46. The van der Waals surface area contributed by atoms with Gasteiger partial charge in [0.2, 0.25) is 0 Å². The summed E-state index contributed by atoms with van der Waals surface area (Å²) < 4.78 is 37.7. The Labute approximate surface area is 182 Å². The van der Waals surface area contributed by atoms with Gasteiger partial charge in [0, 0.05) is 24.7 Å². The van der Waals surface area contributed by atoms with Gasteiger partial charge in [-0.15, -0.1) is 0 Å². The van der Waals surface area contributed by atoms with Gasteiger partial charge in [0.05, 0.1) is 24.8 Å². The molecular formula is C23H24N2O5S. The molecule has 1 amide bonds. The molecule has 3 rings (SSSR count). The normalized spacial score (nSPS) is 10.9. The Hall–Kier alpha value is -3.52. The van der Waals surface area contributed by atoms with Crippen molar-refractivity contribution in [3.63, 3.8) is 0 Å². The van der Waals surface area contributed by atoms with E-state index < -0.39 is 10.0 Å². The fourth-order valence-electron chi connectivity index (χ4n) is 3.08. The van der Waals surface area contributed by atoms with Gasteiger partial charge in [0.25, 0.3) is 15.9 Å². The van der Waals surface area contributed by atoms with E-state index in [1.807, 2.05) is 24.3 Å². The van der Waals surface area contributed by atoms with E-state index >= 15 is 0 Å². The van der Waals surface area contributed by atoms with E-state index in [9.17, 15) is 13.2 Å². The Bertz CT molecular complexity index is 1160. The van der Waals surface area contributed by atoms with Crippen LogP contribution in [-0.2, 0) is 16.6 Å². The van der Waals surface area contributed by atoms with Gasteiger partial charge in [-0.2, -0.15) is 0 Å². The number of rotatable bonds is 8. The number of nitrogens with one attached hydrogen (secondary N) is 1. The summed E-state index contributed by atoms with van der Waals surface area (Å²) in [4.78, 5) is 12.6. The van der Waals surface area contributed by atoms with E-state index in [0.29, 0.717) is 29.3 Å². The molecule has 0 aliphatic rings. The van der Waals surface area contributed by atoms with Crippen molar-refractivity contribution in [1.82, 2.24) is 5.32 Å². The Morgan fingerprint density at radius 3 is 2.10 bits per heavy atom. The zero-order valence-electron chi connectivity index (χ0n) is 17.5. The van der Waals surface area contributed by atoms with Gasteiger partial charge in [0.1, 0.15) is 11.5 Å². The number of ether oxygens (including phenoxy) is 2. The number of benzene rings is 3. The Morgan fingerprint density at radius 1 is 0.871 bits per heavy atom. The summed E-state index contributed by atoms with van der Waals surface area (Å²) in [6.45, 7) is 0.291. The van der Waals surface area contributed by atoms with Gasteiger partial charge in [-0.25, -0.2) is 8.42 Å². The highest BCUT2D eigenvalue weighted by atomic mass is 32.2. The topological polar surface area (TPSA) is 84.9 Å². The maximum atomic E-state index is 13.0. The molecule has 0 radical (unpaired) electrons. The van der Waals surface area contributed by atoms with E-state index in [1.54, 1.807) is 31.4 Å². The molecule has 0 saturated heterocycles. The number of carbonyl (C=O) groups is 1. The maximum absolute atomic E-state index is 13.0. The van der Waals surface area contributed by atoms with Crippen molar-refractivity contribution in [2.75, 3.05) is 25.6 Å². The number of anilines is 1. The molecule has 0 aromatic heterocycles. The zero-order chi connectivity index (χ0) is 22.4. The molecule has 0 aliphatic heterocycles. The summed E-state index contributed by atoms with van der Waals surface area (Å²) >= 11 is 0. The van der Waals surface area contributed by atoms with Crippen molar-refractivity contribution in [2.45, 2.75) is 11.4 Å². The van der Waals surface area contributed by atoms with Gasteiger partial charge in [-0.1, -0.05) is 30.3 Å². The number of nitrogens with zero attached hydrogens (tertiary/aromatic N) is 1. The van der Waals surface area contributed by atoms with Crippen LogP contribution in [0.3, 0.4) is 0 Å². The molecule has 3 aromatic rings. The number of hydrogen-bond acceptors (Lipinski definition) is 5. The number of sulfonamides is 1. The first-order valence-corrected chi connectivity index (χ1v) is 10.9. The molecule has 7 nitrogen and oxygen atoms in total. The first kappa shape index (κ1) is 22.2. The highest BCUT2D eigenvalue weighted by molar-refractivity contribution is 7.92. The van der Waals surface area contributed by atoms with Crippen LogP contribution in [0.5, 0.6) is 11.5 Å². The van der Waals surface area contributed by atoms with Crippen LogP contribution in [0.1, 0.15) is 15.9 Å². The summed E-state index contributed by atoms with van der Waals surface area (Å²) in [6, 6.07) is 20.1. The van der Waals surface area contributed by atoms with E-state index in [2.05, 4.69) is 5.32 Å². The maximum Gasteiger partial charge on any atom is 0.264 e. The van der Waals surface area contributed by atoms with Crippen LogP contribution in [0.15, 0.2) is 77.7 Å². The molecule has 0 fully saturated rings. The molecule has 0 saturated carbocycles. The van der Waals surface area contributed by atoms with Gasteiger partial charge in [-0.05, 0) is 42.5 Å². The van der Waals surface area contributed by atoms with E-state index in [-0.39, 0.29) is 10.8 Å². The van der Waals surface area contributed by atoms with Crippen LogP contribution in [0, 0.1) is 0 Å². The Morgan fingerprint density at radius 2 is 1.45 bits per heavy atom. The molecular weight excluding hydrogens is 416 g/mol. The van der Waals surface area contributed by atoms with Gasteiger partial charge >= 0.3 is 0 Å². The minimum Gasteiger partial charge on any atom is -0.496 e. The lowest BCUT2D eigenvalue weighted by Gasteiger charge is -2.21. The standard InChI is InChI=1S/C23H24N2O5S/c1-25(20-9-5-7-11-22(20)30-3)31(27,28)19-14-12-17(13-15-19)23(26)24-16-18-8-4-6-10-21(18)29-2/h4-15H,16H2,1-3H3,(H,24,26). The van der Waals surface area contributed by atoms with E-state index in [1.165, 1.54) is 38.4 Å². The first-order chi connectivity index (χ1) is 14.9. The van der Waals surface area contributed by atoms with Crippen LogP contribution >= 0.6 is 0 Å². The van der Waals surface area contributed by atoms with Gasteiger partial charge in [0.15, 0.2) is 0 Å². The third kappa shape index (κ3) is 4.80. The van der Waals surface area contributed by atoms with Crippen LogP contribution in [0.4, 0.5) is 5.69 Å². The van der Waals surface area contributed by atoms with Crippen molar-refractivity contribution in [1.29, 1.82) is 0 Å². The zero-order valence-corrected chi connectivity index (χ0v) is 18.3. The monoisotopic (exact) mass is 440 g/mol. The highest BCUT2D eigenvalue weighted by Crippen LogP contribution is 2.30. The SMILES string of the molecule is COc1ccccc1CNC(=O)c1ccc(S(=O)(=O)N(C)c2ccccc2OC)cc1. The van der Waals surface area contributed by atoms with E-state index in [4.69, 9.17) is 9.47 Å². The van der Waals surface area contributed by atoms with Crippen molar-refractivity contribution < 1.29 is 22.7 Å². The molecule has 3 aromatic carbocycles. The minimum atomic E-state index is -3.83. The van der Waals surface area contributed by atoms with Crippen molar-refractivity contribution in [3.8, 4) is 11.5 Å². The van der Waals surface area contributed by atoms with Gasteiger partial charge < -0.3 is 14.8 Å². The number of hydrogen-bond donors (Lipinski definition) is 1. The molecule has 0 spiro atoms. The third-order valence-electron chi connectivity index (χ3n) is 4.83. The van der Waals surface area contributed by atoms with Crippen LogP contribution in [-0.4, -0.2) is 35.6 Å². The van der Waals surface area contributed by atoms with Crippen LogP contribution in [0.2, 0.25) is 0 Å². The third-order valence-corrected chi connectivity index (χ3v) is 6.62. The Balaban J connectivity index is 1.75. The number of methoxy groups -OCH3 is 2. The van der Waals surface area contributed by atoms with E-state index in [0.717, 1.165) is 9.87 Å². The summed E-state index contributed by atoms with van der Waals surface area (Å²) in [5.74, 6) is 0.817. The first-order valence-electron chi connectivity index (χ1n) is 9.50. The quantitative estimate of drug-likeness (QED) is 0.580. The summed E-state index contributed by atoms with van der Waals surface area (Å²) in [7, 11) is 0.688. The molecule has 31 heavy (non-hydrogen) atoms. The molecule has 8 heteroatoms. The van der Waals surface area contributed by atoms with Crippen molar-refractivity contribution in [3.05, 3.63) is 83.9 Å².